The van der Waals surface area contributed by atoms with Gasteiger partial charge in [0.05, 0.1) is 11.0 Å². The standard InChI is InChI=1S/C57H36N4O/c1-4-13-37(14-5-1)40-23-27-42(28-24-40)55-58-56(43-29-25-41(26-30-43)38-15-6-2-7-16-38)60-57(59-55)45-31-32-53-49(34-45)50-35-48-47-21-10-11-22-51(47)61(52(48)36-54(50)62-53)46-20-12-19-44(33-46)39-17-8-3-9-18-39/h1-36H. The van der Waals surface area contributed by atoms with Gasteiger partial charge in [-0.3, -0.25) is 0 Å². The predicted molar refractivity (Wildman–Crippen MR) is 254 cm³/mol. The van der Waals surface area contributed by atoms with Gasteiger partial charge in [0.2, 0.25) is 0 Å². The van der Waals surface area contributed by atoms with Crippen molar-refractivity contribution in [2.75, 3.05) is 0 Å². The molecule has 0 saturated carbocycles. The molecule has 0 aliphatic carbocycles. The normalized spacial score (nSPS) is 11.5. The highest BCUT2D eigenvalue weighted by atomic mass is 16.3. The molecule has 0 N–H and O–H groups in total. The zero-order chi connectivity index (χ0) is 41.0. The first kappa shape index (κ1) is 35.5. The Morgan fingerprint density at radius 3 is 1.35 bits per heavy atom. The van der Waals surface area contributed by atoms with Gasteiger partial charge in [0, 0.05) is 50.0 Å². The molecular formula is C57H36N4O. The molecule has 5 nitrogen and oxygen atoms in total. The minimum Gasteiger partial charge on any atom is -0.456 e. The van der Waals surface area contributed by atoms with Crippen molar-refractivity contribution in [3.63, 3.8) is 0 Å². The maximum atomic E-state index is 6.65. The summed E-state index contributed by atoms with van der Waals surface area (Å²) in [5.74, 6) is 1.82. The molecule has 0 amide bonds. The quantitative estimate of drug-likeness (QED) is 0.161. The zero-order valence-electron chi connectivity index (χ0n) is 33.5. The maximum absolute atomic E-state index is 6.65. The van der Waals surface area contributed by atoms with Crippen molar-refractivity contribution in [2.24, 2.45) is 0 Å². The van der Waals surface area contributed by atoms with Crippen LogP contribution in [0.4, 0.5) is 0 Å². The van der Waals surface area contributed by atoms with Gasteiger partial charge < -0.3 is 8.98 Å². The van der Waals surface area contributed by atoms with Crippen LogP contribution >= 0.6 is 0 Å². The highest BCUT2D eigenvalue weighted by Gasteiger charge is 2.19. The van der Waals surface area contributed by atoms with Gasteiger partial charge in [-0.05, 0) is 75.8 Å². The summed E-state index contributed by atoms with van der Waals surface area (Å²) >= 11 is 0. The summed E-state index contributed by atoms with van der Waals surface area (Å²) in [6, 6.07) is 76.3. The highest BCUT2D eigenvalue weighted by molar-refractivity contribution is 6.17. The topological polar surface area (TPSA) is 56.7 Å². The van der Waals surface area contributed by atoms with Crippen LogP contribution in [0.3, 0.4) is 0 Å². The van der Waals surface area contributed by atoms with E-state index in [0.29, 0.717) is 17.5 Å². The van der Waals surface area contributed by atoms with E-state index in [2.05, 4.69) is 205 Å². The lowest BCUT2D eigenvalue weighted by atomic mass is 10.0. The van der Waals surface area contributed by atoms with Gasteiger partial charge in [-0.25, -0.2) is 15.0 Å². The number of rotatable bonds is 7. The van der Waals surface area contributed by atoms with E-state index in [1.807, 2.05) is 18.2 Å². The summed E-state index contributed by atoms with van der Waals surface area (Å²) < 4.78 is 9.00. The third-order valence-corrected chi connectivity index (χ3v) is 11.9. The molecule has 0 aliphatic rings. The molecule has 5 heteroatoms. The number of furan rings is 1. The van der Waals surface area contributed by atoms with E-state index >= 15 is 0 Å². The molecule has 12 rings (SSSR count). The van der Waals surface area contributed by atoms with E-state index in [-0.39, 0.29) is 0 Å². The van der Waals surface area contributed by atoms with Crippen molar-refractivity contribution in [1.29, 1.82) is 0 Å². The Labute approximate surface area is 357 Å². The van der Waals surface area contributed by atoms with Crippen LogP contribution in [0.2, 0.25) is 0 Å². The first-order valence-electron chi connectivity index (χ1n) is 20.8. The number of fused-ring (bicyclic) bond motifs is 6. The van der Waals surface area contributed by atoms with Crippen molar-refractivity contribution in [3.05, 3.63) is 218 Å². The highest BCUT2D eigenvalue weighted by Crippen LogP contribution is 2.40. The van der Waals surface area contributed by atoms with E-state index in [4.69, 9.17) is 19.4 Å². The smallest absolute Gasteiger partial charge is 0.164 e. The molecule has 3 heterocycles. The molecule has 9 aromatic carbocycles. The molecule has 62 heavy (non-hydrogen) atoms. The lowest BCUT2D eigenvalue weighted by Gasteiger charge is -2.10. The lowest BCUT2D eigenvalue weighted by molar-refractivity contribution is 0.669. The average molecular weight is 793 g/mol. The molecule has 290 valence electrons. The Morgan fingerprint density at radius 1 is 0.274 bits per heavy atom. The van der Waals surface area contributed by atoms with Gasteiger partial charge in [-0.2, -0.15) is 0 Å². The fraction of sp³-hybridized carbons (Fsp3) is 0. The molecule has 0 saturated heterocycles. The minimum absolute atomic E-state index is 0.594. The fourth-order valence-electron chi connectivity index (χ4n) is 8.76. The monoisotopic (exact) mass is 792 g/mol. The van der Waals surface area contributed by atoms with E-state index in [9.17, 15) is 0 Å². The second-order valence-corrected chi connectivity index (χ2v) is 15.6. The zero-order valence-corrected chi connectivity index (χ0v) is 33.5. The SMILES string of the molecule is c1ccc(-c2ccc(-c3nc(-c4ccc(-c5ccccc5)cc4)nc(-c4ccc5oc6cc7c(cc6c5c4)c4ccccc4n7-c4cccc(-c5ccccc5)c4)n3)cc2)cc1. The third kappa shape index (κ3) is 6.23. The number of benzene rings is 9. The summed E-state index contributed by atoms with van der Waals surface area (Å²) in [6.07, 6.45) is 0. The summed E-state index contributed by atoms with van der Waals surface area (Å²) in [5.41, 5.74) is 14.6. The number of aromatic nitrogens is 4. The van der Waals surface area contributed by atoms with Gasteiger partial charge in [0.25, 0.3) is 0 Å². The summed E-state index contributed by atoms with van der Waals surface area (Å²) in [6.45, 7) is 0. The fourth-order valence-corrected chi connectivity index (χ4v) is 8.76. The van der Waals surface area contributed by atoms with Crippen LogP contribution < -0.4 is 0 Å². The number of hydrogen-bond donors (Lipinski definition) is 0. The molecule has 0 atom stereocenters. The lowest BCUT2D eigenvalue weighted by Crippen LogP contribution is -2.00. The van der Waals surface area contributed by atoms with E-state index in [0.717, 1.165) is 83.0 Å². The van der Waals surface area contributed by atoms with Crippen molar-refractivity contribution in [2.45, 2.75) is 0 Å². The third-order valence-electron chi connectivity index (χ3n) is 11.9. The molecule has 3 aromatic heterocycles. The molecule has 0 spiro atoms. The maximum Gasteiger partial charge on any atom is 0.164 e. The van der Waals surface area contributed by atoms with Crippen LogP contribution in [0, 0.1) is 0 Å². The van der Waals surface area contributed by atoms with Crippen LogP contribution in [-0.4, -0.2) is 19.5 Å². The predicted octanol–water partition coefficient (Wildman–Crippen LogP) is 14.9. The molecule has 0 unspecified atom stereocenters. The van der Waals surface area contributed by atoms with Crippen molar-refractivity contribution < 1.29 is 4.42 Å². The van der Waals surface area contributed by atoms with Gasteiger partial charge in [0.1, 0.15) is 11.2 Å². The van der Waals surface area contributed by atoms with Gasteiger partial charge in [-0.1, -0.05) is 170 Å². The second-order valence-electron chi connectivity index (χ2n) is 15.6. The molecule has 12 aromatic rings. The Morgan fingerprint density at radius 2 is 0.742 bits per heavy atom. The Bertz CT molecular complexity index is 3490. The van der Waals surface area contributed by atoms with Crippen LogP contribution in [0.5, 0.6) is 0 Å². The second kappa shape index (κ2) is 14.7. The number of para-hydroxylation sites is 1. The van der Waals surface area contributed by atoms with E-state index in [1.54, 1.807) is 0 Å². The van der Waals surface area contributed by atoms with Crippen molar-refractivity contribution in [1.82, 2.24) is 19.5 Å². The molecule has 0 fully saturated rings. The molecule has 0 aliphatic heterocycles. The Hall–Kier alpha value is -8.41. The Balaban J connectivity index is 0.994. The summed E-state index contributed by atoms with van der Waals surface area (Å²) in [7, 11) is 0. The minimum atomic E-state index is 0.594. The largest absolute Gasteiger partial charge is 0.456 e. The van der Waals surface area contributed by atoms with Gasteiger partial charge in [-0.15, -0.1) is 0 Å². The van der Waals surface area contributed by atoms with Crippen LogP contribution in [-0.2, 0) is 0 Å². The first-order chi connectivity index (χ1) is 30.7. The number of hydrogen-bond acceptors (Lipinski definition) is 4. The first-order valence-corrected chi connectivity index (χ1v) is 20.8. The van der Waals surface area contributed by atoms with E-state index < -0.39 is 0 Å². The van der Waals surface area contributed by atoms with Gasteiger partial charge >= 0.3 is 0 Å². The molecular weight excluding hydrogens is 757 g/mol. The Kier molecular flexibility index (Phi) is 8.42. The van der Waals surface area contributed by atoms with E-state index in [1.165, 1.54) is 16.5 Å². The molecule has 0 radical (unpaired) electrons. The number of nitrogens with zero attached hydrogens (tertiary/aromatic N) is 4. The van der Waals surface area contributed by atoms with Crippen molar-refractivity contribution in [3.8, 4) is 73.2 Å². The van der Waals surface area contributed by atoms with Crippen molar-refractivity contribution >= 4 is 43.7 Å². The van der Waals surface area contributed by atoms with Crippen LogP contribution in [0.15, 0.2) is 223 Å². The van der Waals surface area contributed by atoms with Crippen LogP contribution in [0.25, 0.3) is 117 Å². The summed E-state index contributed by atoms with van der Waals surface area (Å²) in [4.78, 5) is 15.4. The average Bonchev–Trinajstić information content (AvgIpc) is 3.88. The van der Waals surface area contributed by atoms with Crippen LogP contribution in [0.1, 0.15) is 0 Å². The summed E-state index contributed by atoms with van der Waals surface area (Å²) in [5, 5.41) is 4.39. The molecule has 0 bridgehead atoms. The van der Waals surface area contributed by atoms with Gasteiger partial charge in [0.15, 0.2) is 17.5 Å².